The molecule has 0 bridgehead atoms. The van der Waals surface area contributed by atoms with Crippen molar-refractivity contribution in [2.75, 3.05) is 11.5 Å². The van der Waals surface area contributed by atoms with Crippen molar-refractivity contribution < 1.29 is 0 Å². The first kappa shape index (κ1) is 12.0. The van der Waals surface area contributed by atoms with E-state index in [0.717, 1.165) is 11.8 Å². The van der Waals surface area contributed by atoms with Crippen molar-refractivity contribution in [1.82, 2.24) is 9.97 Å². The molecule has 2 rings (SSSR count). The summed E-state index contributed by atoms with van der Waals surface area (Å²) in [5.41, 5.74) is 11.7. The quantitative estimate of drug-likeness (QED) is 0.545. The van der Waals surface area contributed by atoms with E-state index in [9.17, 15) is 4.79 Å². The monoisotopic (exact) mass is 259 g/mol. The van der Waals surface area contributed by atoms with Crippen LogP contribution in [0.4, 0.5) is 11.5 Å². The molecule has 0 unspecified atom stereocenters. The Morgan fingerprint density at radius 2 is 2.17 bits per heavy atom. The number of nitrogens with one attached hydrogen (secondary N) is 1. The molecule has 6 nitrogen and oxygen atoms in total. The van der Waals surface area contributed by atoms with Gasteiger partial charge in [-0.1, -0.05) is 6.07 Å². The number of aromatic nitrogens is 2. The van der Waals surface area contributed by atoms with Crippen LogP contribution in [0.3, 0.4) is 0 Å². The smallest absolute Gasteiger partial charge is 0.253 e. The lowest BCUT2D eigenvalue weighted by Gasteiger charge is -2.05. The van der Waals surface area contributed by atoms with Gasteiger partial charge in [-0.25, -0.2) is 4.98 Å². The third kappa shape index (κ3) is 2.44. The van der Waals surface area contributed by atoms with Crippen molar-refractivity contribution in [2.24, 2.45) is 0 Å². The van der Waals surface area contributed by atoms with Gasteiger partial charge in [0.15, 0.2) is 5.16 Å². The molecule has 0 amide bonds. The Hall–Kier alpha value is -2.46. The van der Waals surface area contributed by atoms with E-state index >= 15 is 0 Å². The van der Waals surface area contributed by atoms with E-state index in [1.165, 1.54) is 6.07 Å². The topological polar surface area (TPSA) is 122 Å². The van der Waals surface area contributed by atoms with Gasteiger partial charge in [-0.05, 0) is 23.9 Å². The summed E-state index contributed by atoms with van der Waals surface area (Å²) in [6.45, 7) is 0. The number of H-pyrrole nitrogens is 1. The first-order valence-corrected chi connectivity index (χ1v) is 5.75. The van der Waals surface area contributed by atoms with Crippen LogP contribution in [0, 0.1) is 11.3 Å². The van der Waals surface area contributed by atoms with Gasteiger partial charge in [0, 0.05) is 11.0 Å². The summed E-state index contributed by atoms with van der Waals surface area (Å²) in [7, 11) is 0. The average molecular weight is 259 g/mol. The molecule has 18 heavy (non-hydrogen) atoms. The van der Waals surface area contributed by atoms with Crippen LogP contribution in [0.1, 0.15) is 5.56 Å². The van der Waals surface area contributed by atoms with Gasteiger partial charge < -0.3 is 16.5 Å². The molecule has 1 aromatic heterocycles. The summed E-state index contributed by atoms with van der Waals surface area (Å²) in [4.78, 5) is 18.4. The zero-order chi connectivity index (χ0) is 13.1. The Bertz CT molecular complexity index is 689. The van der Waals surface area contributed by atoms with Crippen LogP contribution in [-0.4, -0.2) is 9.97 Å². The molecule has 7 heteroatoms. The highest BCUT2D eigenvalue weighted by atomic mass is 32.2. The highest BCUT2D eigenvalue weighted by molar-refractivity contribution is 7.99. The Labute approximate surface area is 107 Å². The summed E-state index contributed by atoms with van der Waals surface area (Å²) in [6, 6.07) is 8.25. The van der Waals surface area contributed by atoms with Crippen LogP contribution in [0.5, 0.6) is 0 Å². The highest BCUT2D eigenvalue weighted by Crippen LogP contribution is 2.31. The van der Waals surface area contributed by atoms with Crippen LogP contribution < -0.4 is 17.0 Å². The van der Waals surface area contributed by atoms with Gasteiger partial charge in [0.1, 0.15) is 11.9 Å². The summed E-state index contributed by atoms with van der Waals surface area (Å²) < 4.78 is 0. The third-order valence-corrected chi connectivity index (χ3v) is 3.10. The minimum absolute atomic E-state index is 0.135. The normalized spacial score (nSPS) is 9.94. The number of nitrogen functional groups attached to an aromatic ring is 2. The summed E-state index contributed by atoms with van der Waals surface area (Å²) in [5, 5.41) is 9.20. The van der Waals surface area contributed by atoms with Gasteiger partial charge in [0.05, 0.1) is 11.3 Å². The van der Waals surface area contributed by atoms with Crippen molar-refractivity contribution in [3.05, 3.63) is 40.2 Å². The second-order valence-electron chi connectivity index (χ2n) is 3.41. The lowest BCUT2D eigenvalue weighted by Crippen LogP contribution is -2.09. The first-order chi connectivity index (χ1) is 8.60. The number of nitriles is 1. The summed E-state index contributed by atoms with van der Waals surface area (Å²) in [5.74, 6) is 0.135. The van der Waals surface area contributed by atoms with Crippen LogP contribution in [-0.2, 0) is 0 Å². The average Bonchev–Trinajstić information content (AvgIpc) is 2.30. The molecule has 0 saturated carbocycles. The standard InChI is InChI=1S/C11H9N5OS/c12-5-6-2-1-3-7(10(6)14)18-11-15-8(13)4-9(17)16-11/h1-4H,14H2,(H3,13,15,16,17). The van der Waals surface area contributed by atoms with Crippen molar-refractivity contribution in [1.29, 1.82) is 5.26 Å². The van der Waals surface area contributed by atoms with Gasteiger partial charge in [-0.3, -0.25) is 4.79 Å². The number of benzene rings is 1. The predicted octanol–water partition coefficient (Wildman–Crippen LogP) is 0.957. The zero-order valence-electron chi connectivity index (χ0n) is 9.18. The summed E-state index contributed by atoms with van der Waals surface area (Å²) >= 11 is 1.15. The van der Waals surface area contributed by atoms with E-state index in [1.807, 2.05) is 6.07 Å². The fraction of sp³-hybridized carbons (Fsp3) is 0. The molecule has 0 atom stereocenters. The number of anilines is 2. The highest BCUT2D eigenvalue weighted by Gasteiger charge is 2.08. The Kier molecular flexibility index (Phi) is 3.21. The Balaban J connectivity index is 2.40. The molecule has 0 aliphatic rings. The molecule has 0 radical (unpaired) electrons. The molecule has 5 N–H and O–H groups in total. The molecule has 0 saturated heterocycles. The van der Waals surface area contributed by atoms with E-state index in [1.54, 1.807) is 18.2 Å². The van der Waals surface area contributed by atoms with E-state index < -0.39 is 0 Å². The number of aromatic amines is 1. The van der Waals surface area contributed by atoms with Gasteiger partial charge in [0.25, 0.3) is 5.56 Å². The van der Waals surface area contributed by atoms with Crippen LogP contribution >= 0.6 is 11.8 Å². The minimum Gasteiger partial charge on any atom is -0.397 e. The Morgan fingerprint density at radius 1 is 1.39 bits per heavy atom. The molecule has 0 aliphatic heterocycles. The number of hydrogen-bond acceptors (Lipinski definition) is 6. The molecular formula is C11H9N5OS. The second kappa shape index (κ2) is 4.81. The maximum absolute atomic E-state index is 11.2. The van der Waals surface area contributed by atoms with Crippen LogP contribution in [0.2, 0.25) is 0 Å². The fourth-order valence-corrected chi connectivity index (χ4v) is 2.21. The molecular weight excluding hydrogens is 250 g/mol. The fourth-order valence-electron chi connectivity index (χ4n) is 1.34. The third-order valence-electron chi connectivity index (χ3n) is 2.13. The largest absolute Gasteiger partial charge is 0.397 e. The number of rotatable bonds is 2. The second-order valence-corrected chi connectivity index (χ2v) is 4.44. The molecule has 0 fully saturated rings. The number of nitrogens with zero attached hydrogens (tertiary/aromatic N) is 2. The van der Waals surface area contributed by atoms with E-state index in [-0.39, 0.29) is 11.4 Å². The lowest BCUT2D eigenvalue weighted by atomic mass is 10.2. The maximum Gasteiger partial charge on any atom is 0.253 e. The Morgan fingerprint density at radius 3 is 2.83 bits per heavy atom. The number of hydrogen-bond donors (Lipinski definition) is 3. The molecule has 1 heterocycles. The zero-order valence-corrected chi connectivity index (χ0v) is 9.99. The molecule has 2 aromatic rings. The SMILES string of the molecule is N#Cc1cccc(Sc2nc(N)cc(=O)[nH]2)c1N. The number of nitrogens with two attached hydrogens (primary N) is 2. The van der Waals surface area contributed by atoms with E-state index in [4.69, 9.17) is 16.7 Å². The van der Waals surface area contributed by atoms with Crippen molar-refractivity contribution in [3.8, 4) is 6.07 Å². The van der Waals surface area contributed by atoms with Gasteiger partial charge in [-0.2, -0.15) is 5.26 Å². The summed E-state index contributed by atoms with van der Waals surface area (Å²) in [6.07, 6.45) is 0. The van der Waals surface area contributed by atoms with Gasteiger partial charge in [0.2, 0.25) is 0 Å². The molecule has 90 valence electrons. The van der Waals surface area contributed by atoms with Crippen molar-refractivity contribution in [2.45, 2.75) is 10.1 Å². The van der Waals surface area contributed by atoms with Gasteiger partial charge in [-0.15, -0.1) is 0 Å². The van der Waals surface area contributed by atoms with Crippen LogP contribution in [0.25, 0.3) is 0 Å². The molecule has 0 aliphatic carbocycles. The minimum atomic E-state index is -0.333. The number of para-hydroxylation sites is 1. The predicted molar refractivity (Wildman–Crippen MR) is 69.0 cm³/mol. The van der Waals surface area contributed by atoms with Crippen LogP contribution in [0.15, 0.2) is 39.1 Å². The molecule has 0 spiro atoms. The maximum atomic E-state index is 11.2. The molecule has 1 aromatic carbocycles. The van der Waals surface area contributed by atoms with Gasteiger partial charge >= 0.3 is 0 Å². The van der Waals surface area contributed by atoms with Crippen molar-refractivity contribution in [3.63, 3.8) is 0 Å². The van der Waals surface area contributed by atoms with E-state index in [0.29, 0.717) is 21.3 Å². The van der Waals surface area contributed by atoms with E-state index in [2.05, 4.69) is 9.97 Å². The first-order valence-electron chi connectivity index (χ1n) is 4.93. The van der Waals surface area contributed by atoms with Crippen molar-refractivity contribution >= 4 is 23.3 Å². The lowest BCUT2D eigenvalue weighted by molar-refractivity contribution is 0.945.